The van der Waals surface area contributed by atoms with E-state index in [0.717, 1.165) is 6.42 Å². The Morgan fingerprint density at radius 1 is 1.25 bits per heavy atom. The van der Waals surface area contributed by atoms with Crippen molar-refractivity contribution in [3.63, 3.8) is 0 Å². The molecule has 0 spiro atoms. The Morgan fingerprint density at radius 2 is 1.83 bits per heavy atom. The Balaban J connectivity index is 2.11. The SMILES string of the molecule is CC1CCC2(C(F)(F)F)CC1C2. The molecule has 1 atom stereocenters. The summed E-state index contributed by atoms with van der Waals surface area (Å²) in [5.74, 6) is 0.884. The van der Waals surface area contributed by atoms with Crippen LogP contribution < -0.4 is 0 Å². The van der Waals surface area contributed by atoms with Crippen molar-refractivity contribution in [2.24, 2.45) is 17.3 Å². The van der Waals surface area contributed by atoms with Gasteiger partial charge in [-0.25, -0.2) is 0 Å². The number of rotatable bonds is 0. The third-order valence-corrected chi connectivity index (χ3v) is 3.79. The lowest BCUT2D eigenvalue weighted by Crippen LogP contribution is -2.53. The molecule has 12 heavy (non-hydrogen) atoms. The molecule has 0 heterocycles. The van der Waals surface area contributed by atoms with E-state index in [9.17, 15) is 13.2 Å². The van der Waals surface area contributed by atoms with Crippen molar-refractivity contribution in [2.75, 3.05) is 0 Å². The lowest BCUT2D eigenvalue weighted by molar-refractivity contribution is -0.284. The Morgan fingerprint density at radius 3 is 2.17 bits per heavy atom. The van der Waals surface area contributed by atoms with Gasteiger partial charge < -0.3 is 0 Å². The molecular weight excluding hydrogens is 165 g/mol. The van der Waals surface area contributed by atoms with Crippen molar-refractivity contribution in [1.82, 2.24) is 0 Å². The summed E-state index contributed by atoms with van der Waals surface area (Å²) in [7, 11) is 0. The van der Waals surface area contributed by atoms with Gasteiger partial charge in [0.15, 0.2) is 0 Å². The van der Waals surface area contributed by atoms with Gasteiger partial charge >= 0.3 is 6.18 Å². The summed E-state index contributed by atoms with van der Waals surface area (Å²) in [5.41, 5.74) is -1.26. The van der Waals surface area contributed by atoms with E-state index in [1.54, 1.807) is 0 Å². The van der Waals surface area contributed by atoms with Gasteiger partial charge in [-0.1, -0.05) is 6.92 Å². The van der Waals surface area contributed by atoms with Gasteiger partial charge in [0, 0.05) is 0 Å². The molecule has 70 valence electrons. The van der Waals surface area contributed by atoms with Crippen LogP contribution in [0.25, 0.3) is 0 Å². The normalized spacial score (nSPS) is 47.0. The maximum absolute atomic E-state index is 12.5. The summed E-state index contributed by atoms with van der Waals surface area (Å²) in [6, 6.07) is 0. The van der Waals surface area contributed by atoms with Gasteiger partial charge in [-0.3, -0.25) is 0 Å². The van der Waals surface area contributed by atoms with Crippen LogP contribution in [0, 0.1) is 17.3 Å². The molecule has 0 radical (unpaired) electrons. The fourth-order valence-electron chi connectivity index (χ4n) is 2.66. The maximum atomic E-state index is 12.5. The molecule has 0 saturated heterocycles. The van der Waals surface area contributed by atoms with Crippen LogP contribution in [0.3, 0.4) is 0 Å². The average molecular weight is 178 g/mol. The fourth-order valence-corrected chi connectivity index (χ4v) is 2.66. The predicted octanol–water partition coefficient (Wildman–Crippen LogP) is 3.38. The Labute approximate surface area is 70.1 Å². The smallest absolute Gasteiger partial charge is 0.171 e. The van der Waals surface area contributed by atoms with Gasteiger partial charge in [0.25, 0.3) is 0 Å². The summed E-state index contributed by atoms with van der Waals surface area (Å²) in [4.78, 5) is 0. The molecule has 0 aromatic rings. The molecule has 0 aliphatic heterocycles. The molecule has 3 fully saturated rings. The Bertz CT molecular complexity index is 183. The van der Waals surface area contributed by atoms with Crippen LogP contribution >= 0.6 is 0 Å². The van der Waals surface area contributed by atoms with E-state index in [4.69, 9.17) is 0 Å². The van der Waals surface area contributed by atoms with Crippen molar-refractivity contribution in [3.05, 3.63) is 0 Å². The minimum Gasteiger partial charge on any atom is -0.171 e. The molecule has 3 saturated carbocycles. The number of fused-ring (bicyclic) bond motifs is 2. The summed E-state index contributed by atoms with van der Waals surface area (Å²) < 4.78 is 37.5. The Kier molecular flexibility index (Phi) is 1.52. The zero-order valence-electron chi connectivity index (χ0n) is 7.12. The first-order valence-electron chi connectivity index (χ1n) is 4.51. The number of hydrogen-bond acceptors (Lipinski definition) is 0. The third kappa shape index (κ3) is 0.913. The van der Waals surface area contributed by atoms with Crippen LogP contribution in [0.4, 0.5) is 13.2 Å². The largest absolute Gasteiger partial charge is 0.394 e. The quantitative estimate of drug-likeness (QED) is 0.533. The first-order chi connectivity index (χ1) is 5.45. The van der Waals surface area contributed by atoms with E-state index in [-0.39, 0.29) is 0 Å². The highest BCUT2D eigenvalue weighted by Crippen LogP contribution is 2.64. The van der Waals surface area contributed by atoms with Gasteiger partial charge in [-0.15, -0.1) is 0 Å². The highest BCUT2D eigenvalue weighted by molar-refractivity contribution is 5.03. The molecule has 3 aliphatic rings. The minimum atomic E-state index is -3.94. The first-order valence-corrected chi connectivity index (χ1v) is 4.51. The van der Waals surface area contributed by atoms with E-state index in [0.29, 0.717) is 31.1 Å². The van der Waals surface area contributed by atoms with E-state index in [2.05, 4.69) is 6.92 Å². The second-order valence-corrected chi connectivity index (χ2v) is 4.46. The van der Waals surface area contributed by atoms with Crippen molar-refractivity contribution in [1.29, 1.82) is 0 Å². The van der Waals surface area contributed by atoms with Crippen LogP contribution in [0.2, 0.25) is 0 Å². The first kappa shape index (κ1) is 8.39. The molecule has 3 heteroatoms. The molecule has 3 rings (SSSR count). The Hall–Kier alpha value is -0.210. The zero-order valence-corrected chi connectivity index (χ0v) is 7.12. The lowest BCUT2D eigenvalue weighted by Gasteiger charge is -2.55. The second-order valence-electron chi connectivity index (χ2n) is 4.46. The standard InChI is InChI=1S/C9H13F3/c1-6-2-3-8(9(10,11)12)4-7(6)5-8/h6-7H,2-5H2,1H3. The number of alkyl halides is 3. The van der Waals surface area contributed by atoms with Crippen molar-refractivity contribution in [2.45, 2.75) is 38.8 Å². The average Bonchev–Trinajstić information content (AvgIpc) is 1.82. The fraction of sp³-hybridized carbons (Fsp3) is 1.00. The van der Waals surface area contributed by atoms with Crippen molar-refractivity contribution in [3.8, 4) is 0 Å². The zero-order chi connectivity index (χ0) is 8.98. The molecule has 0 amide bonds. The highest BCUT2D eigenvalue weighted by Gasteiger charge is 2.64. The van der Waals surface area contributed by atoms with Gasteiger partial charge in [-0.2, -0.15) is 13.2 Å². The van der Waals surface area contributed by atoms with Gasteiger partial charge in [0.2, 0.25) is 0 Å². The van der Waals surface area contributed by atoms with Gasteiger partial charge in [0.1, 0.15) is 0 Å². The van der Waals surface area contributed by atoms with E-state index in [1.807, 2.05) is 0 Å². The summed E-state index contributed by atoms with van der Waals surface area (Å²) >= 11 is 0. The third-order valence-electron chi connectivity index (χ3n) is 3.79. The van der Waals surface area contributed by atoms with Crippen LogP contribution in [-0.2, 0) is 0 Å². The van der Waals surface area contributed by atoms with Gasteiger partial charge in [-0.05, 0) is 37.5 Å². The molecule has 0 nitrogen and oxygen atoms in total. The molecule has 1 unspecified atom stereocenters. The highest BCUT2D eigenvalue weighted by atomic mass is 19.4. The predicted molar refractivity (Wildman–Crippen MR) is 39.6 cm³/mol. The van der Waals surface area contributed by atoms with E-state index in [1.165, 1.54) is 0 Å². The monoisotopic (exact) mass is 178 g/mol. The number of hydrogen-bond donors (Lipinski definition) is 0. The van der Waals surface area contributed by atoms with Gasteiger partial charge in [0.05, 0.1) is 5.41 Å². The molecule has 0 aromatic carbocycles. The van der Waals surface area contributed by atoms with Crippen molar-refractivity contribution >= 4 is 0 Å². The summed E-state index contributed by atoms with van der Waals surface area (Å²) in [6.07, 6.45) is -2.00. The van der Waals surface area contributed by atoms with E-state index < -0.39 is 11.6 Å². The molecule has 0 N–H and O–H groups in total. The van der Waals surface area contributed by atoms with Crippen LogP contribution in [0.5, 0.6) is 0 Å². The van der Waals surface area contributed by atoms with Crippen LogP contribution in [-0.4, -0.2) is 6.18 Å². The molecule has 2 bridgehead atoms. The lowest BCUT2D eigenvalue weighted by atomic mass is 9.50. The minimum absolute atomic E-state index is 0.361. The number of halogens is 3. The molecule has 0 aromatic heterocycles. The summed E-state index contributed by atoms with van der Waals surface area (Å²) in [5, 5.41) is 0. The second kappa shape index (κ2) is 2.18. The van der Waals surface area contributed by atoms with E-state index >= 15 is 0 Å². The van der Waals surface area contributed by atoms with Crippen molar-refractivity contribution < 1.29 is 13.2 Å². The van der Waals surface area contributed by atoms with Crippen LogP contribution in [0.1, 0.15) is 32.6 Å². The summed E-state index contributed by atoms with van der Waals surface area (Å²) in [6.45, 7) is 2.07. The molecule has 3 aliphatic carbocycles. The molecular formula is C9H13F3. The topological polar surface area (TPSA) is 0 Å². The van der Waals surface area contributed by atoms with Crippen LogP contribution in [0.15, 0.2) is 0 Å². The maximum Gasteiger partial charge on any atom is 0.394 e.